The summed E-state index contributed by atoms with van der Waals surface area (Å²) in [4.78, 5) is 26.2. The highest BCUT2D eigenvalue weighted by Gasteiger charge is 2.35. The molecule has 0 radical (unpaired) electrons. The summed E-state index contributed by atoms with van der Waals surface area (Å²) >= 11 is 0. The van der Waals surface area contributed by atoms with Crippen molar-refractivity contribution in [3.8, 4) is 5.75 Å². The second-order valence-corrected chi connectivity index (χ2v) is 6.68. The molecule has 1 saturated heterocycles. The van der Waals surface area contributed by atoms with E-state index in [0.29, 0.717) is 23.6 Å². The quantitative estimate of drug-likeness (QED) is 0.670. The maximum atomic E-state index is 12.6. The Kier molecular flexibility index (Phi) is 5.78. The average Bonchev–Trinajstić information content (AvgIpc) is 2.68. The first-order valence-electron chi connectivity index (χ1n) is 8.98. The number of amides is 2. The summed E-state index contributed by atoms with van der Waals surface area (Å²) in [7, 11) is 2.95. The van der Waals surface area contributed by atoms with Crippen LogP contribution in [0.1, 0.15) is 30.9 Å². The van der Waals surface area contributed by atoms with Crippen LogP contribution in [-0.2, 0) is 9.53 Å². The van der Waals surface area contributed by atoms with Crippen LogP contribution in [-0.4, -0.2) is 45.9 Å². The lowest BCUT2D eigenvalue weighted by Gasteiger charge is -2.31. The van der Waals surface area contributed by atoms with Crippen LogP contribution in [0.5, 0.6) is 5.75 Å². The molecule has 140 valence electrons. The van der Waals surface area contributed by atoms with Crippen LogP contribution in [0.25, 0.3) is 0 Å². The van der Waals surface area contributed by atoms with Gasteiger partial charge >= 0.3 is 12.0 Å². The van der Waals surface area contributed by atoms with Gasteiger partial charge in [0.05, 0.1) is 44.6 Å². The Morgan fingerprint density at radius 2 is 2.00 bits per heavy atom. The number of piperidine rings is 1. The van der Waals surface area contributed by atoms with Gasteiger partial charge in [-0.15, -0.1) is 0 Å². The van der Waals surface area contributed by atoms with Crippen LogP contribution < -0.4 is 20.3 Å². The van der Waals surface area contributed by atoms with Crippen molar-refractivity contribution in [2.45, 2.75) is 25.3 Å². The number of nitrogens with one attached hydrogen (secondary N) is 3. The first kappa shape index (κ1) is 18.3. The molecule has 0 saturated carbocycles. The number of hydrogen-bond acceptors (Lipinski definition) is 4. The molecule has 2 aliphatic heterocycles. The predicted octanol–water partition coefficient (Wildman–Crippen LogP) is 0.545. The lowest BCUT2D eigenvalue weighted by molar-refractivity contribution is -0.900. The Bertz CT molecular complexity index is 710. The van der Waals surface area contributed by atoms with E-state index in [4.69, 9.17) is 9.47 Å². The van der Waals surface area contributed by atoms with E-state index >= 15 is 0 Å². The zero-order valence-electron chi connectivity index (χ0n) is 15.3. The van der Waals surface area contributed by atoms with Gasteiger partial charge in [-0.25, -0.2) is 9.59 Å². The van der Waals surface area contributed by atoms with E-state index in [9.17, 15) is 9.59 Å². The third kappa shape index (κ3) is 3.99. The zero-order chi connectivity index (χ0) is 18.5. The van der Waals surface area contributed by atoms with Gasteiger partial charge < -0.3 is 25.0 Å². The minimum absolute atomic E-state index is 0.308. The largest absolute Gasteiger partial charge is 0.497 e. The molecule has 2 heterocycles. The molecule has 1 aromatic rings. The van der Waals surface area contributed by atoms with Gasteiger partial charge in [0.25, 0.3) is 0 Å². The molecule has 2 amide bonds. The number of hydrogen-bond donors (Lipinski definition) is 3. The molecule has 26 heavy (non-hydrogen) atoms. The van der Waals surface area contributed by atoms with E-state index in [1.807, 2.05) is 24.3 Å². The molecule has 3 N–H and O–H groups in total. The van der Waals surface area contributed by atoms with Crippen molar-refractivity contribution >= 4 is 12.0 Å². The zero-order valence-corrected chi connectivity index (χ0v) is 15.3. The van der Waals surface area contributed by atoms with Crippen LogP contribution >= 0.6 is 0 Å². The smallest absolute Gasteiger partial charge is 0.338 e. The molecule has 0 bridgehead atoms. The molecule has 2 aliphatic rings. The Morgan fingerprint density at radius 1 is 1.23 bits per heavy atom. The van der Waals surface area contributed by atoms with Crippen LogP contribution in [0, 0.1) is 0 Å². The number of quaternary nitrogens is 1. The first-order chi connectivity index (χ1) is 12.6. The summed E-state index contributed by atoms with van der Waals surface area (Å²) in [5, 5.41) is 5.68. The van der Waals surface area contributed by atoms with Crippen molar-refractivity contribution in [2.75, 3.05) is 33.9 Å². The Morgan fingerprint density at radius 3 is 2.69 bits per heavy atom. The maximum Gasteiger partial charge on any atom is 0.338 e. The van der Waals surface area contributed by atoms with E-state index in [1.165, 1.54) is 31.3 Å². The van der Waals surface area contributed by atoms with E-state index in [-0.39, 0.29) is 6.03 Å². The molecular weight excluding hydrogens is 334 g/mol. The average molecular weight is 360 g/mol. The fourth-order valence-electron chi connectivity index (χ4n) is 3.66. The van der Waals surface area contributed by atoms with Gasteiger partial charge in [0.15, 0.2) is 0 Å². The number of carbonyl (C=O) groups excluding carboxylic acids is 2. The summed E-state index contributed by atoms with van der Waals surface area (Å²) in [6.07, 6.45) is 3.58. The number of carbonyl (C=O) groups is 2. The third-order valence-electron chi connectivity index (χ3n) is 4.97. The van der Waals surface area contributed by atoms with E-state index < -0.39 is 12.0 Å². The lowest BCUT2D eigenvalue weighted by atomic mass is 9.94. The van der Waals surface area contributed by atoms with Crippen LogP contribution in [0.3, 0.4) is 0 Å². The molecular formula is C19H26N3O4+. The number of rotatable bonds is 5. The van der Waals surface area contributed by atoms with Crippen molar-refractivity contribution in [2.24, 2.45) is 0 Å². The number of likely N-dealkylation sites (tertiary alicyclic amines) is 1. The standard InChI is InChI=1S/C19H25N3O4/c1-25-14-8-6-7-13(11-14)17-16(18(23)26-2)15(20-19(24)21-17)12-22-9-4-3-5-10-22/h6-8,11,17H,3-5,9-10,12H2,1-2H3,(H2,20,21,24)/p+1/t17-/m0/s1. The van der Waals surface area contributed by atoms with Gasteiger partial charge in [0, 0.05) is 0 Å². The highest BCUT2D eigenvalue weighted by molar-refractivity contribution is 5.95. The lowest BCUT2D eigenvalue weighted by Crippen LogP contribution is -3.13. The van der Waals surface area contributed by atoms with E-state index in [2.05, 4.69) is 10.6 Å². The molecule has 1 fully saturated rings. The van der Waals surface area contributed by atoms with Crippen molar-refractivity contribution in [1.29, 1.82) is 0 Å². The Hall–Kier alpha value is -2.54. The Labute approximate surface area is 153 Å². The highest BCUT2D eigenvalue weighted by Crippen LogP contribution is 2.29. The summed E-state index contributed by atoms with van der Waals surface area (Å²) in [5.41, 5.74) is 1.88. The van der Waals surface area contributed by atoms with Gasteiger partial charge in [-0.2, -0.15) is 0 Å². The normalized spacial score (nSPS) is 21.0. The van der Waals surface area contributed by atoms with Crippen LogP contribution in [0.15, 0.2) is 35.5 Å². The summed E-state index contributed by atoms with van der Waals surface area (Å²) in [6, 6.07) is 6.49. The van der Waals surface area contributed by atoms with Crippen molar-refractivity contribution in [1.82, 2.24) is 10.6 Å². The molecule has 7 nitrogen and oxygen atoms in total. The van der Waals surface area contributed by atoms with Crippen molar-refractivity contribution in [3.05, 3.63) is 41.1 Å². The van der Waals surface area contributed by atoms with Gasteiger partial charge in [-0.05, 0) is 37.0 Å². The van der Waals surface area contributed by atoms with Crippen LogP contribution in [0.4, 0.5) is 4.79 Å². The summed E-state index contributed by atoms with van der Waals surface area (Å²) in [6.45, 7) is 2.70. The molecule has 0 aromatic heterocycles. The molecule has 1 aromatic carbocycles. The second-order valence-electron chi connectivity index (χ2n) is 6.68. The number of methoxy groups -OCH3 is 2. The van der Waals surface area contributed by atoms with Gasteiger partial charge in [0.1, 0.15) is 12.3 Å². The summed E-state index contributed by atoms with van der Waals surface area (Å²) in [5.74, 6) is 0.236. The number of urea groups is 1. The highest BCUT2D eigenvalue weighted by atomic mass is 16.5. The SMILES string of the molecule is COC(=O)C1=C(C[NH+]2CCCCC2)NC(=O)N[C@H]1c1cccc(OC)c1. The fourth-order valence-corrected chi connectivity index (χ4v) is 3.66. The predicted molar refractivity (Wildman–Crippen MR) is 95.9 cm³/mol. The molecule has 3 rings (SSSR count). The minimum Gasteiger partial charge on any atom is -0.497 e. The van der Waals surface area contributed by atoms with Gasteiger partial charge in [0.2, 0.25) is 0 Å². The van der Waals surface area contributed by atoms with Gasteiger partial charge in [-0.1, -0.05) is 12.1 Å². The molecule has 1 atom stereocenters. The number of benzene rings is 1. The van der Waals surface area contributed by atoms with E-state index in [1.54, 1.807) is 7.11 Å². The maximum absolute atomic E-state index is 12.6. The van der Waals surface area contributed by atoms with Gasteiger partial charge in [-0.3, -0.25) is 0 Å². The molecule has 0 spiro atoms. The van der Waals surface area contributed by atoms with Crippen molar-refractivity contribution < 1.29 is 24.0 Å². The first-order valence-corrected chi connectivity index (χ1v) is 8.98. The fraction of sp³-hybridized carbons (Fsp3) is 0.474. The number of esters is 1. The monoisotopic (exact) mass is 360 g/mol. The topological polar surface area (TPSA) is 81.1 Å². The van der Waals surface area contributed by atoms with Crippen molar-refractivity contribution in [3.63, 3.8) is 0 Å². The Balaban J connectivity index is 1.98. The number of ether oxygens (including phenoxy) is 2. The minimum atomic E-state index is -0.564. The van der Waals surface area contributed by atoms with E-state index in [0.717, 1.165) is 18.7 Å². The molecule has 7 heteroatoms. The summed E-state index contributed by atoms with van der Waals surface area (Å²) < 4.78 is 10.3. The molecule has 0 unspecified atom stereocenters. The molecule has 0 aliphatic carbocycles. The third-order valence-corrected chi connectivity index (χ3v) is 4.97. The van der Waals surface area contributed by atoms with Crippen LogP contribution in [0.2, 0.25) is 0 Å². The second kappa shape index (κ2) is 8.23.